The van der Waals surface area contributed by atoms with Gasteiger partial charge in [0.25, 0.3) is 0 Å². The fourth-order valence-electron chi connectivity index (χ4n) is 1.76. The molecule has 6 nitrogen and oxygen atoms in total. The van der Waals surface area contributed by atoms with E-state index < -0.39 is 0 Å². The molecule has 0 saturated heterocycles. The predicted molar refractivity (Wildman–Crippen MR) is 86.3 cm³/mol. The van der Waals surface area contributed by atoms with Gasteiger partial charge in [-0.1, -0.05) is 13.8 Å². The number of nitrogens with one attached hydrogen (secondary N) is 2. The van der Waals surface area contributed by atoms with E-state index in [1.807, 2.05) is 17.8 Å². The maximum Gasteiger partial charge on any atom is 0.191 e. The molecule has 1 aromatic heterocycles. The Morgan fingerprint density at radius 1 is 1.43 bits per heavy atom. The quantitative estimate of drug-likeness (QED) is 0.412. The Morgan fingerprint density at radius 2 is 2.24 bits per heavy atom. The van der Waals surface area contributed by atoms with Gasteiger partial charge in [-0.25, -0.2) is 4.99 Å². The van der Waals surface area contributed by atoms with Crippen molar-refractivity contribution < 1.29 is 4.74 Å². The molecule has 0 bridgehead atoms. The predicted octanol–water partition coefficient (Wildman–Crippen LogP) is 1.54. The minimum Gasteiger partial charge on any atom is -0.381 e. The lowest BCUT2D eigenvalue weighted by Gasteiger charge is -2.12. The third-order valence-corrected chi connectivity index (χ3v) is 2.87. The molecule has 0 fully saturated rings. The first-order valence-electron chi connectivity index (χ1n) is 7.70. The summed E-state index contributed by atoms with van der Waals surface area (Å²) in [5.41, 5.74) is 1.09. The van der Waals surface area contributed by atoms with Crippen LogP contribution in [-0.2, 0) is 18.3 Å². The molecule has 120 valence electrons. The summed E-state index contributed by atoms with van der Waals surface area (Å²) in [7, 11) is 1.93. The van der Waals surface area contributed by atoms with Crippen molar-refractivity contribution in [2.24, 2.45) is 18.0 Å². The second-order valence-corrected chi connectivity index (χ2v) is 5.39. The van der Waals surface area contributed by atoms with Crippen molar-refractivity contribution >= 4 is 5.96 Å². The fourth-order valence-corrected chi connectivity index (χ4v) is 1.76. The molecule has 0 spiro atoms. The summed E-state index contributed by atoms with van der Waals surface area (Å²) in [6, 6.07) is 1.98. The molecule has 21 heavy (non-hydrogen) atoms. The summed E-state index contributed by atoms with van der Waals surface area (Å²) in [5, 5.41) is 10.7. The Bertz CT molecular complexity index is 414. The van der Waals surface area contributed by atoms with Crippen molar-refractivity contribution in [1.82, 2.24) is 20.4 Å². The second kappa shape index (κ2) is 10.2. The van der Waals surface area contributed by atoms with Gasteiger partial charge in [-0.05, 0) is 25.3 Å². The first-order chi connectivity index (χ1) is 10.1. The highest BCUT2D eigenvalue weighted by atomic mass is 16.5. The molecular weight excluding hydrogens is 266 g/mol. The maximum atomic E-state index is 5.56. The van der Waals surface area contributed by atoms with Crippen molar-refractivity contribution in [1.29, 1.82) is 0 Å². The van der Waals surface area contributed by atoms with Crippen LogP contribution in [0.3, 0.4) is 0 Å². The number of hydrogen-bond acceptors (Lipinski definition) is 3. The third kappa shape index (κ3) is 7.70. The minimum atomic E-state index is 0.593. The van der Waals surface area contributed by atoms with Crippen LogP contribution in [0.4, 0.5) is 0 Å². The molecule has 0 aromatic carbocycles. The van der Waals surface area contributed by atoms with Gasteiger partial charge in [0.05, 0.1) is 12.2 Å². The molecule has 0 aliphatic heterocycles. The number of ether oxygens (including phenoxy) is 1. The molecule has 0 saturated carbocycles. The van der Waals surface area contributed by atoms with Crippen molar-refractivity contribution in [3.63, 3.8) is 0 Å². The molecular formula is C15H29N5O. The van der Waals surface area contributed by atoms with Gasteiger partial charge in [-0.2, -0.15) is 5.10 Å². The van der Waals surface area contributed by atoms with Crippen LogP contribution >= 0.6 is 0 Å². The first kappa shape index (κ1) is 17.5. The molecule has 1 heterocycles. The van der Waals surface area contributed by atoms with E-state index in [0.717, 1.165) is 44.4 Å². The van der Waals surface area contributed by atoms with Gasteiger partial charge in [0.2, 0.25) is 0 Å². The number of hydrogen-bond donors (Lipinski definition) is 2. The molecule has 2 N–H and O–H groups in total. The van der Waals surface area contributed by atoms with E-state index in [1.165, 1.54) is 0 Å². The monoisotopic (exact) mass is 295 g/mol. The molecule has 0 atom stereocenters. The van der Waals surface area contributed by atoms with Crippen LogP contribution in [0, 0.1) is 5.92 Å². The highest BCUT2D eigenvalue weighted by Crippen LogP contribution is 1.98. The average Bonchev–Trinajstić information content (AvgIpc) is 2.85. The molecule has 0 aliphatic rings. The summed E-state index contributed by atoms with van der Waals surface area (Å²) in [5.74, 6) is 1.43. The van der Waals surface area contributed by atoms with E-state index in [1.54, 1.807) is 6.20 Å². The van der Waals surface area contributed by atoms with E-state index in [2.05, 4.69) is 41.5 Å². The van der Waals surface area contributed by atoms with Gasteiger partial charge in [-0.15, -0.1) is 0 Å². The highest BCUT2D eigenvalue weighted by molar-refractivity contribution is 5.79. The fraction of sp³-hybridized carbons (Fsp3) is 0.733. The number of aliphatic imine (C=N–C) groups is 1. The zero-order valence-corrected chi connectivity index (χ0v) is 13.7. The Kier molecular flexibility index (Phi) is 8.50. The maximum absolute atomic E-state index is 5.56. The van der Waals surface area contributed by atoms with E-state index in [0.29, 0.717) is 12.5 Å². The molecule has 6 heteroatoms. The summed E-state index contributed by atoms with van der Waals surface area (Å²) in [4.78, 5) is 4.56. The summed E-state index contributed by atoms with van der Waals surface area (Å²) >= 11 is 0. The lowest BCUT2D eigenvalue weighted by atomic mass is 10.2. The van der Waals surface area contributed by atoms with Crippen molar-refractivity contribution in [2.45, 2.75) is 33.7 Å². The average molecular weight is 295 g/mol. The zero-order valence-electron chi connectivity index (χ0n) is 13.7. The van der Waals surface area contributed by atoms with E-state index in [4.69, 9.17) is 4.74 Å². The summed E-state index contributed by atoms with van der Waals surface area (Å²) < 4.78 is 7.40. The van der Waals surface area contributed by atoms with Crippen LogP contribution in [0.25, 0.3) is 0 Å². The van der Waals surface area contributed by atoms with E-state index in [9.17, 15) is 0 Å². The first-order valence-corrected chi connectivity index (χ1v) is 7.70. The third-order valence-electron chi connectivity index (χ3n) is 2.87. The normalized spacial score (nSPS) is 12.0. The van der Waals surface area contributed by atoms with Crippen LogP contribution in [0.15, 0.2) is 17.3 Å². The number of rotatable bonds is 9. The topological polar surface area (TPSA) is 63.5 Å². The van der Waals surface area contributed by atoms with Gasteiger partial charge in [0.15, 0.2) is 5.96 Å². The van der Waals surface area contributed by atoms with Gasteiger partial charge >= 0.3 is 0 Å². The van der Waals surface area contributed by atoms with Gasteiger partial charge in [-0.3, -0.25) is 4.68 Å². The van der Waals surface area contributed by atoms with Gasteiger partial charge < -0.3 is 15.4 Å². The van der Waals surface area contributed by atoms with Crippen molar-refractivity contribution in [2.75, 3.05) is 26.3 Å². The molecule has 0 aliphatic carbocycles. The molecule has 1 rings (SSSR count). The van der Waals surface area contributed by atoms with Crippen LogP contribution in [0.5, 0.6) is 0 Å². The summed E-state index contributed by atoms with van der Waals surface area (Å²) in [6.45, 7) is 10.3. The lowest BCUT2D eigenvalue weighted by molar-refractivity contribution is 0.108. The highest BCUT2D eigenvalue weighted by Gasteiger charge is 2.00. The Morgan fingerprint density at radius 3 is 2.86 bits per heavy atom. The smallest absolute Gasteiger partial charge is 0.191 e. The number of aryl methyl sites for hydroxylation is 1. The van der Waals surface area contributed by atoms with Crippen LogP contribution in [0.1, 0.15) is 32.9 Å². The van der Waals surface area contributed by atoms with Gasteiger partial charge in [0, 0.05) is 39.5 Å². The number of nitrogens with zero attached hydrogens (tertiary/aromatic N) is 3. The SMILES string of the molecule is CCNC(=NCc1ccnn1C)NCCCOCC(C)C. The molecule has 0 amide bonds. The van der Waals surface area contributed by atoms with Gasteiger partial charge in [0.1, 0.15) is 0 Å². The molecule has 0 unspecified atom stereocenters. The molecule has 1 aromatic rings. The summed E-state index contributed by atoms with van der Waals surface area (Å²) in [6.07, 6.45) is 2.76. The molecule has 0 radical (unpaired) electrons. The van der Waals surface area contributed by atoms with Crippen LogP contribution in [0.2, 0.25) is 0 Å². The standard InChI is InChI=1S/C15H29N5O/c1-5-16-15(17-8-6-10-21-12-13(2)3)18-11-14-7-9-19-20(14)4/h7,9,13H,5-6,8,10-12H2,1-4H3,(H2,16,17,18). The Hall–Kier alpha value is -1.56. The Balaban J connectivity index is 2.27. The largest absolute Gasteiger partial charge is 0.381 e. The number of guanidine groups is 1. The zero-order chi connectivity index (χ0) is 15.5. The van der Waals surface area contributed by atoms with Crippen molar-refractivity contribution in [3.05, 3.63) is 18.0 Å². The van der Waals surface area contributed by atoms with Crippen molar-refractivity contribution in [3.8, 4) is 0 Å². The van der Waals surface area contributed by atoms with E-state index >= 15 is 0 Å². The number of aromatic nitrogens is 2. The minimum absolute atomic E-state index is 0.593. The van der Waals surface area contributed by atoms with Crippen LogP contribution < -0.4 is 10.6 Å². The van der Waals surface area contributed by atoms with E-state index in [-0.39, 0.29) is 0 Å². The van der Waals surface area contributed by atoms with Crippen LogP contribution in [-0.4, -0.2) is 42.0 Å². The second-order valence-electron chi connectivity index (χ2n) is 5.39. The Labute approximate surface area is 128 Å². The lowest BCUT2D eigenvalue weighted by Crippen LogP contribution is -2.38.